The second-order valence-corrected chi connectivity index (χ2v) is 6.45. The number of carbonyl (C=O) groups excluding carboxylic acids is 1. The first-order chi connectivity index (χ1) is 9.46. The summed E-state index contributed by atoms with van der Waals surface area (Å²) in [5.41, 5.74) is 0. The van der Waals surface area contributed by atoms with E-state index in [0.29, 0.717) is 13.2 Å². The topological polar surface area (TPSA) is 44.8 Å². The molecule has 4 nitrogen and oxygen atoms in total. The Morgan fingerprint density at radius 2 is 1.90 bits per heavy atom. The molecular weight excluding hydrogens is 276 g/mol. The molecule has 1 aliphatic rings. The van der Waals surface area contributed by atoms with E-state index in [1.807, 2.05) is 44.2 Å². The molecule has 110 valence electrons. The SMILES string of the molecule is CC(=O)O[C@H]1COC(C)(C)OC[C@@H]1Sc1ccccc1. The Hall–Kier alpha value is -1.04. The van der Waals surface area contributed by atoms with Crippen molar-refractivity contribution in [3.05, 3.63) is 30.3 Å². The van der Waals surface area contributed by atoms with Crippen LogP contribution in [0.2, 0.25) is 0 Å². The molecule has 1 aromatic carbocycles. The second kappa shape index (κ2) is 6.61. The lowest BCUT2D eigenvalue weighted by atomic mass is 10.3. The normalized spacial score (nSPS) is 25.8. The average molecular weight is 296 g/mol. The third kappa shape index (κ3) is 4.51. The summed E-state index contributed by atoms with van der Waals surface area (Å²) in [7, 11) is 0. The summed E-state index contributed by atoms with van der Waals surface area (Å²) >= 11 is 1.65. The summed E-state index contributed by atoms with van der Waals surface area (Å²) in [6, 6.07) is 10.0. The van der Waals surface area contributed by atoms with E-state index in [1.165, 1.54) is 6.92 Å². The first-order valence-electron chi connectivity index (χ1n) is 6.63. The van der Waals surface area contributed by atoms with Crippen molar-refractivity contribution >= 4 is 17.7 Å². The van der Waals surface area contributed by atoms with Gasteiger partial charge in [-0.2, -0.15) is 0 Å². The van der Waals surface area contributed by atoms with Crippen molar-refractivity contribution in [2.75, 3.05) is 13.2 Å². The fourth-order valence-electron chi connectivity index (χ4n) is 1.93. The number of thioether (sulfide) groups is 1. The molecule has 5 heteroatoms. The lowest BCUT2D eigenvalue weighted by molar-refractivity contribution is -0.205. The standard InChI is InChI=1S/C15H20O4S/c1-11(16)19-13-9-17-15(2,3)18-10-14(13)20-12-7-5-4-6-8-12/h4-8,13-14H,9-10H2,1-3H3/t13-,14-/m0/s1. The van der Waals surface area contributed by atoms with Crippen LogP contribution in [-0.2, 0) is 19.0 Å². The summed E-state index contributed by atoms with van der Waals surface area (Å²) in [6.07, 6.45) is -0.306. The molecular formula is C15H20O4S. The Balaban J connectivity index is 2.10. The molecule has 0 amide bonds. The van der Waals surface area contributed by atoms with E-state index in [9.17, 15) is 4.79 Å². The van der Waals surface area contributed by atoms with Crippen LogP contribution in [0, 0.1) is 0 Å². The summed E-state index contributed by atoms with van der Waals surface area (Å²) < 4.78 is 16.8. The van der Waals surface area contributed by atoms with E-state index in [-0.39, 0.29) is 17.3 Å². The maximum absolute atomic E-state index is 11.3. The molecule has 1 fully saturated rings. The van der Waals surface area contributed by atoms with Crippen LogP contribution in [0.1, 0.15) is 20.8 Å². The molecule has 0 spiro atoms. The second-order valence-electron chi connectivity index (χ2n) is 5.14. The monoisotopic (exact) mass is 296 g/mol. The van der Waals surface area contributed by atoms with Crippen molar-refractivity contribution in [3.8, 4) is 0 Å². The maximum Gasteiger partial charge on any atom is 0.303 e. The fourth-order valence-corrected chi connectivity index (χ4v) is 3.01. The van der Waals surface area contributed by atoms with E-state index in [0.717, 1.165) is 4.90 Å². The first kappa shape index (κ1) is 15.4. The van der Waals surface area contributed by atoms with Crippen LogP contribution in [-0.4, -0.2) is 36.3 Å². The number of hydrogen-bond acceptors (Lipinski definition) is 5. The van der Waals surface area contributed by atoms with Gasteiger partial charge in [-0.15, -0.1) is 11.8 Å². The predicted molar refractivity (Wildman–Crippen MR) is 77.6 cm³/mol. The minimum atomic E-state index is -0.648. The summed E-state index contributed by atoms with van der Waals surface area (Å²) in [5, 5.41) is 0.0167. The van der Waals surface area contributed by atoms with Crippen LogP contribution >= 0.6 is 11.8 Å². The molecule has 0 radical (unpaired) electrons. The van der Waals surface area contributed by atoms with Crippen molar-refractivity contribution in [1.82, 2.24) is 0 Å². The zero-order valence-corrected chi connectivity index (χ0v) is 12.8. The van der Waals surface area contributed by atoms with Gasteiger partial charge < -0.3 is 14.2 Å². The molecule has 0 N–H and O–H groups in total. The summed E-state index contributed by atoms with van der Waals surface area (Å²) in [5.74, 6) is -0.943. The smallest absolute Gasteiger partial charge is 0.303 e. The van der Waals surface area contributed by atoms with E-state index in [4.69, 9.17) is 14.2 Å². The number of hydrogen-bond donors (Lipinski definition) is 0. The highest BCUT2D eigenvalue weighted by atomic mass is 32.2. The van der Waals surface area contributed by atoms with Gasteiger partial charge in [0.25, 0.3) is 0 Å². The first-order valence-corrected chi connectivity index (χ1v) is 7.51. The van der Waals surface area contributed by atoms with Gasteiger partial charge in [-0.25, -0.2) is 0 Å². The molecule has 1 aromatic rings. The number of rotatable bonds is 3. The highest BCUT2D eigenvalue weighted by molar-refractivity contribution is 8.00. The van der Waals surface area contributed by atoms with E-state index >= 15 is 0 Å². The van der Waals surface area contributed by atoms with Crippen LogP contribution in [0.4, 0.5) is 0 Å². The predicted octanol–water partition coefficient (Wildman–Crippen LogP) is 2.86. The minimum absolute atomic E-state index is 0.0167. The molecule has 1 heterocycles. The molecule has 1 saturated heterocycles. The van der Waals surface area contributed by atoms with Crippen LogP contribution in [0.15, 0.2) is 35.2 Å². The van der Waals surface area contributed by atoms with Crippen molar-refractivity contribution in [2.24, 2.45) is 0 Å². The third-order valence-electron chi connectivity index (χ3n) is 2.95. The molecule has 2 atom stereocenters. The van der Waals surface area contributed by atoms with Gasteiger partial charge >= 0.3 is 5.97 Å². The lowest BCUT2D eigenvalue weighted by Gasteiger charge is -2.22. The van der Waals surface area contributed by atoms with Gasteiger partial charge in [0, 0.05) is 11.8 Å². The van der Waals surface area contributed by atoms with Crippen molar-refractivity contribution in [3.63, 3.8) is 0 Å². The molecule has 0 bridgehead atoms. The fraction of sp³-hybridized carbons (Fsp3) is 0.533. The molecule has 0 aliphatic carbocycles. The number of ether oxygens (including phenoxy) is 3. The summed E-state index contributed by atoms with van der Waals surface area (Å²) in [6.45, 7) is 5.98. The zero-order valence-electron chi connectivity index (χ0n) is 12.0. The van der Waals surface area contributed by atoms with Crippen LogP contribution in [0.25, 0.3) is 0 Å². The lowest BCUT2D eigenvalue weighted by Crippen LogP contribution is -2.33. The van der Waals surface area contributed by atoms with E-state index < -0.39 is 5.79 Å². The number of benzene rings is 1. The van der Waals surface area contributed by atoms with Gasteiger partial charge in [-0.05, 0) is 26.0 Å². The van der Waals surface area contributed by atoms with Crippen LogP contribution in [0.5, 0.6) is 0 Å². The van der Waals surface area contributed by atoms with Gasteiger partial charge in [0.1, 0.15) is 6.10 Å². The zero-order chi connectivity index (χ0) is 14.6. The Morgan fingerprint density at radius 3 is 2.55 bits per heavy atom. The van der Waals surface area contributed by atoms with Crippen molar-refractivity contribution in [2.45, 2.75) is 42.8 Å². The van der Waals surface area contributed by atoms with E-state index in [2.05, 4.69) is 0 Å². The Labute approximate surface area is 123 Å². The van der Waals surface area contributed by atoms with Crippen molar-refractivity contribution in [1.29, 1.82) is 0 Å². The van der Waals surface area contributed by atoms with E-state index in [1.54, 1.807) is 11.8 Å². The van der Waals surface area contributed by atoms with Gasteiger partial charge in [0.05, 0.1) is 18.5 Å². The highest BCUT2D eigenvalue weighted by Gasteiger charge is 2.34. The molecule has 0 aromatic heterocycles. The number of esters is 1. The highest BCUT2D eigenvalue weighted by Crippen LogP contribution is 2.31. The Morgan fingerprint density at radius 1 is 1.25 bits per heavy atom. The average Bonchev–Trinajstić information content (AvgIpc) is 2.52. The third-order valence-corrected chi connectivity index (χ3v) is 4.24. The van der Waals surface area contributed by atoms with Gasteiger partial charge in [0.2, 0.25) is 0 Å². The van der Waals surface area contributed by atoms with Crippen LogP contribution in [0.3, 0.4) is 0 Å². The molecule has 2 rings (SSSR count). The number of carbonyl (C=O) groups is 1. The van der Waals surface area contributed by atoms with Crippen LogP contribution < -0.4 is 0 Å². The Bertz CT molecular complexity index is 446. The maximum atomic E-state index is 11.3. The van der Waals surface area contributed by atoms with Gasteiger partial charge in [-0.3, -0.25) is 4.79 Å². The quantitative estimate of drug-likeness (QED) is 0.803. The largest absolute Gasteiger partial charge is 0.459 e. The summed E-state index contributed by atoms with van der Waals surface area (Å²) in [4.78, 5) is 12.4. The van der Waals surface area contributed by atoms with Gasteiger partial charge in [-0.1, -0.05) is 18.2 Å². The molecule has 20 heavy (non-hydrogen) atoms. The van der Waals surface area contributed by atoms with Gasteiger partial charge in [0.15, 0.2) is 5.79 Å². The van der Waals surface area contributed by atoms with Crippen molar-refractivity contribution < 1.29 is 19.0 Å². The molecule has 0 saturated carbocycles. The Kier molecular flexibility index (Phi) is 5.07. The molecule has 0 unspecified atom stereocenters. The molecule has 1 aliphatic heterocycles. The minimum Gasteiger partial charge on any atom is -0.459 e.